The van der Waals surface area contributed by atoms with Gasteiger partial charge in [-0.15, -0.1) is 15.3 Å². The number of rotatable bonds is 5. The summed E-state index contributed by atoms with van der Waals surface area (Å²) >= 11 is 0. The molecule has 0 saturated heterocycles. The van der Waals surface area contributed by atoms with Crippen LogP contribution in [0, 0.1) is 0 Å². The lowest BCUT2D eigenvalue weighted by Gasteiger charge is -2.09. The normalized spacial score (nSPS) is 11.8. The monoisotopic (exact) mass is 373 g/mol. The second kappa shape index (κ2) is 6.71. The molecule has 1 aromatic carbocycles. The number of hydrogen-bond acceptors (Lipinski definition) is 6. The van der Waals surface area contributed by atoms with E-state index in [0.29, 0.717) is 23.4 Å². The number of halogens is 3. The van der Waals surface area contributed by atoms with E-state index in [9.17, 15) is 13.2 Å². The van der Waals surface area contributed by atoms with Crippen LogP contribution in [0.25, 0.3) is 16.6 Å². The maximum absolute atomic E-state index is 12.9. The molecule has 0 spiro atoms. The van der Waals surface area contributed by atoms with Crippen LogP contribution in [0.2, 0.25) is 0 Å². The largest absolute Gasteiger partial charge is 0.453 e. The molecule has 0 saturated carbocycles. The summed E-state index contributed by atoms with van der Waals surface area (Å²) < 4.78 is 39.3. The smallest absolute Gasteiger partial charge is 0.368 e. The van der Waals surface area contributed by atoms with Gasteiger partial charge in [-0.05, 0) is 30.3 Å². The zero-order valence-corrected chi connectivity index (χ0v) is 13.9. The molecule has 7 nitrogen and oxygen atoms in total. The van der Waals surface area contributed by atoms with Crippen LogP contribution in [-0.2, 0) is 6.18 Å². The van der Waals surface area contributed by atoms with Gasteiger partial charge in [-0.3, -0.25) is 0 Å². The molecule has 0 bridgehead atoms. The van der Waals surface area contributed by atoms with Crippen molar-refractivity contribution in [3.05, 3.63) is 54.4 Å². The Bertz CT molecular complexity index is 1090. The van der Waals surface area contributed by atoms with Crippen LogP contribution in [0.4, 0.5) is 24.8 Å². The first-order chi connectivity index (χ1) is 13.0. The number of anilines is 2. The predicted octanol–water partition coefficient (Wildman–Crippen LogP) is 3.22. The number of nitrogens with zero attached hydrogens (tertiary/aromatic N) is 5. The van der Waals surface area contributed by atoms with E-state index in [-0.39, 0.29) is 5.65 Å². The molecule has 0 aliphatic rings. The zero-order valence-electron chi connectivity index (χ0n) is 13.9. The molecule has 0 aliphatic heterocycles. The van der Waals surface area contributed by atoms with Crippen LogP contribution >= 0.6 is 0 Å². The van der Waals surface area contributed by atoms with E-state index in [1.807, 2.05) is 36.4 Å². The van der Waals surface area contributed by atoms with Gasteiger partial charge in [0.2, 0.25) is 0 Å². The van der Waals surface area contributed by atoms with Crippen molar-refractivity contribution >= 4 is 28.2 Å². The fraction of sp³-hybridized carbons (Fsp3) is 0.176. The maximum Gasteiger partial charge on any atom is 0.453 e. The number of hydrogen-bond donors (Lipinski definition) is 2. The molecular formula is C17H14F3N7. The quantitative estimate of drug-likeness (QED) is 0.523. The summed E-state index contributed by atoms with van der Waals surface area (Å²) in [6.07, 6.45) is -4.62. The van der Waals surface area contributed by atoms with Crippen molar-refractivity contribution in [1.82, 2.24) is 24.8 Å². The fourth-order valence-electron chi connectivity index (χ4n) is 2.61. The third-order valence-corrected chi connectivity index (χ3v) is 3.85. The molecule has 0 fully saturated rings. The lowest BCUT2D eigenvalue weighted by Crippen LogP contribution is -2.17. The Morgan fingerprint density at radius 2 is 1.59 bits per heavy atom. The van der Waals surface area contributed by atoms with Crippen molar-refractivity contribution in [3.63, 3.8) is 0 Å². The molecule has 0 atom stereocenters. The summed E-state index contributed by atoms with van der Waals surface area (Å²) in [4.78, 5) is 4.49. The van der Waals surface area contributed by atoms with Crippen molar-refractivity contribution in [2.45, 2.75) is 6.18 Å². The summed E-state index contributed by atoms with van der Waals surface area (Å²) in [6, 6.07) is 14.6. The van der Waals surface area contributed by atoms with Crippen LogP contribution in [0.15, 0.2) is 48.5 Å². The third-order valence-electron chi connectivity index (χ3n) is 3.85. The van der Waals surface area contributed by atoms with Crippen LogP contribution in [-0.4, -0.2) is 37.9 Å². The average Bonchev–Trinajstić information content (AvgIpc) is 3.09. The van der Waals surface area contributed by atoms with E-state index >= 15 is 0 Å². The summed E-state index contributed by atoms with van der Waals surface area (Å²) in [5.74, 6) is -0.141. The van der Waals surface area contributed by atoms with Gasteiger partial charge in [-0.25, -0.2) is 4.98 Å². The first-order valence-electron chi connectivity index (χ1n) is 8.14. The van der Waals surface area contributed by atoms with Crippen molar-refractivity contribution in [3.8, 4) is 0 Å². The highest BCUT2D eigenvalue weighted by Gasteiger charge is 2.37. The van der Waals surface area contributed by atoms with Crippen molar-refractivity contribution in [2.75, 3.05) is 23.7 Å². The number of benzene rings is 1. The highest BCUT2D eigenvalue weighted by atomic mass is 19.4. The van der Waals surface area contributed by atoms with Gasteiger partial charge in [-0.2, -0.15) is 17.7 Å². The third kappa shape index (κ3) is 3.59. The Morgan fingerprint density at radius 1 is 0.852 bits per heavy atom. The zero-order chi connectivity index (χ0) is 18.9. The number of nitrogens with one attached hydrogen (secondary N) is 2. The second-order valence-electron chi connectivity index (χ2n) is 5.75. The van der Waals surface area contributed by atoms with Crippen molar-refractivity contribution < 1.29 is 13.2 Å². The van der Waals surface area contributed by atoms with E-state index < -0.39 is 12.0 Å². The lowest BCUT2D eigenvalue weighted by atomic mass is 10.2. The van der Waals surface area contributed by atoms with Gasteiger partial charge < -0.3 is 10.6 Å². The minimum Gasteiger partial charge on any atom is -0.368 e. The van der Waals surface area contributed by atoms with E-state index in [1.54, 1.807) is 6.07 Å². The van der Waals surface area contributed by atoms with E-state index in [4.69, 9.17) is 0 Å². The van der Waals surface area contributed by atoms with Gasteiger partial charge in [0.05, 0.1) is 5.52 Å². The molecule has 10 heteroatoms. The SMILES string of the molecule is FC(F)(F)c1nnc2ccc(NCCNc3ccc4ccccc4n3)nn12. The molecule has 2 N–H and O–H groups in total. The average molecular weight is 373 g/mol. The van der Waals surface area contributed by atoms with Crippen LogP contribution in [0.1, 0.15) is 5.82 Å². The highest BCUT2D eigenvalue weighted by molar-refractivity contribution is 5.80. The Kier molecular flexibility index (Phi) is 4.22. The number of alkyl halides is 3. The fourth-order valence-corrected chi connectivity index (χ4v) is 2.61. The van der Waals surface area contributed by atoms with Gasteiger partial charge in [0.25, 0.3) is 5.82 Å². The number of pyridine rings is 1. The Labute approximate surface area is 151 Å². The summed E-state index contributed by atoms with van der Waals surface area (Å²) in [5, 5.41) is 17.7. The van der Waals surface area contributed by atoms with Gasteiger partial charge in [-0.1, -0.05) is 18.2 Å². The van der Waals surface area contributed by atoms with Crippen LogP contribution in [0.5, 0.6) is 0 Å². The van der Waals surface area contributed by atoms with Crippen LogP contribution < -0.4 is 10.6 Å². The van der Waals surface area contributed by atoms with Gasteiger partial charge in [0.15, 0.2) is 5.65 Å². The van der Waals surface area contributed by atoms with Crippen molar-refractivity contribution in [2.24, 2.45) is 0 Å². The molecule has 4 rings (SSSR count). The molecule has 3 heterocycles. The Morgan fingerprint density at radius 3 is 2.41 bits per heavy atom. The molecule has 0 unspecified atom stereocenters. The standard InChI is InChI=1S/C17H14F3N7/c18-17(19,20)16-25-24-15-8-7-14(26-27(15)16)22-10-9-21-13-6-5-11-3-1-2-4-12(11)23-13/h1-8H,9-10H2,(H,21,23)(H,22,26). The minimum atomic E-state index is -4.62. The maximum atomic E-state index is 12.9. The first-order valence-corrected chi connectivity index (χ1v) is 8.14. The molecule has 4 aromatic rings. The van der Waals surface area contributed by atoms with Gasteiger partial charge >= 0.3 is 6.18 Å². The van der Waals surface area contributed by atoms with E-state index in [2.05, 4.69) is 30.9 Å². The van der Waals surface area contributed by atoms with E-state index in [0.717, 1.165) is 16.7 Å². The molecule has 0 radical (unpaired) electrons. The summed E-state index contributed by atoms with van der Waals surface area (Å²) in [5.41, 5.74) is 0.918. The molecule has 27 heavy (non-hydrogen) atoms. The Balaban J connectivity index is 1.39. The van der Waals surface area contributed by atoms with Gasteiger partial charge in [0, 0.05) is 18.5 Å². The molecular weight excluding hydrogens is 359 g/mol. The molecule has 0 amide bonds. The number of para-hydroxylation sites is 1. The summed E-state index contributed by atoms with van der Waals surface area (Å²) in [7, 11) is 0. The van der Waals surface area contributed by atoms with Crippen molar-refractivity contribution in [1.29, 1.82) is 0 Å². The minimum absolute atomic E-state index is 0.0337. The van der Waals surface area contributed by atoms with Crippen LogP contribution in [0.3, 0.4) is 0 Å². The Hall–Kier alpha value is -3.43. The number of aromatic nitrogens is 5. The predicted molar refractivity (Wildman–Crippen MR) is 94.5 cm³/mol. The van der Waals surface area contributed by atoms with E-state index in [1.165, 1.54) is 6.07 Å². The molecule has 138 valence electrons. The lowest BCUT2D eigenvalue weighted by molar-refractivity contribution is -0.146. The highest BCUT2D eigenvalue weighted by Crippen LogP contribution is 2.27. The topological polar surface area (TPSA) is 80.0 Å². The summed E-state index contributed by atoms with van der Waals surface area (Å²) in [6.45, 7) is 0.954. The molecule has 0 aliphatic carbocycles. The second-order valence-corrected chi connectivity index (χ2v) is 5.75. The number of fused-ring (bicyclic) bond motifs is 2. The first kappa shape index (κ1) is 17.0. The molecule has 3 aromatic heterocycles. The van der Waals surface area contributed by atoms with Gasteiger partial charge in [0.1, 0.15) is 11.6 Å².